The predicted octanol–water partition coefficient (Wildman–Crippen LogP) is 4.53. The lowest BCUT2D eigenvalue weighted by Gasteiger charge is -2.08. The van der Waals surface area contributed by atoms with Crippen LogP contribution in [0.3, 0.4) is 0 Å². The van der Waals surface area contributed by atoms with E-state index in [0.29, 0.717) is 12.3 Å². The Balaban J connectivity index is 2.29. The molecule has 2 aromatic rings. The van der Waals surface area contributed by atoms with Crippen LogP contribution in [0.15, 0.2) is 46.5 Å². The highest BCUT2D eigenvalue weighted by Gasteiger charge is 2.31. The van der Waals surface area contributed by atoms with Gasteiger partial charge in [-0.3, -0.25) is 4.98 Å². The maximum Gasteiger partial charge on any atom is 0.417 e. The highest BCUT2D eigenvalue weighted by molar-refractivity contribution is 7.99. The molecular formula is C12H6F5NS. The lowest BCUT2D eigenvalue weighted by molar-refractivity contribution is -0.138. The molecule has 1 nitrogen and oxygen atoms in total. The molecule has 0 saturated carbocycles. The number of nitrogens with zero attached hydrogens (tertiary/aromatic N) is 1. The van der Waals surface area contributed by atoms with E-state index in [4.69, 9.17) is 0 Å². The van der Waals surface area contributed by atoms with Crippen molar-refractivity contribution in [1.82, 2.24) is 4.98 Å². The maximum absolute atomic E-state index is 13.4. The zero-order chi connectivity index (χ0) is 14.0. The fraction of sp³-hybridized carbons (Fsp3) is 0.0833. The minimum Gasteiger partial charge on any atom is -0.263 e. The normalized spacial score (nSPS) is 11.6. The predicted molar refractivity (Wildman–Crippen MR) is 59.7 cm³/mol. The van der Waals surface area contributed by atoms with Crippen LogP contribution in [0.5, 0.6) is 0 Å². The Hall–Kier alpha value is -1.63. The molecule has 0 aliphatic heterocycles. The Morgan fingerprint density at radius 3 is 2.37 bits per heavy atom. The van der Waals surface area contributed by atoms with Gasteiger partial charge in [-0.25, -0.2) is 8.78 Å². The first kappa shape index (κ1) is 13.8. The van der Waals surface area contributed by atoms with Gasteiger partial charge in [-0.05, 0) is 18.2 Å². The molecule has 7 heteroatoms. The minimum absolute atomic E-state index is 0.0301. The van der Waals surface area contributed by atoms with Crippen molar-refractivity contribution in [3.8, 4) is 0 Å². The van der Waals surface area contributed by atoms with Gasteiger partial charge in [0.1, 0.15) is 11.6 Å². The molecule has 0 spiro atoms. The summed E-state index contributed by atoms with van der Waals surface area (Å²) in [5.41, 5.74) is -0.917. The Bertz CT molecular complexity index is 597. The van der Waals surface area contributed by atoms with E-state index in [1.54, 1.807) is 0 Å². The molecule has 1 aromatic heterocycles. The van der Waals surface area contributed by atoms with Crippen molar-refractivity contribution >= 4 is 11.8 Å². The third-order valence-electron chi connectivity index (χ3n) is 2.16. The molecule has 0 fully saturated rings. The van der Waals surface area contributed by atoms with Crippen LogP contribution in [0.4, 0.5) is 22.0 Å². The second-order valence-corrected chi connectivity index (χ2v) is 4.70. The van der Waals surface area contributed by atoms with Gasteiger partial charge in [0, 0.05) is 28.3 Å². The Kier molecular flexibility index (Phi) is 3.75. The average Bonchev–Trinajstić information content (AvgIpc) is 2.32. The molecule has 0 N–H and O–H groups in total. The van der Waals surface area contributed by atoms with E-state index in [-0.39, 0.29) is 9.79 Å². The summed E-state index contributed by atoms with van der Waals surface area (Å²) in [5.74, 6) is -1.58. The van der Waals surface area contributed by atoms with Gasteiger partial charge in [0.25, 0.3) is 0 Å². The third-order valence-corrected chi connectivity index (χ3v) is 3.17. The van der Waals surface area contributed by atoms with E-state index in [1.807, 2.05) is 0 Å². The average molecular weight is 291 g/mol. The summed E-state index contributed by atoms with van der Waals surface area (Å²) in [7, 11) is 0. The molecule has 0 aliphatic carbocycles. The largest absolute Gasteiger partial charge is 0.417 e. The van der Waals surface area contributed by atoms with Crippen molar-refractivity contribution in [1.29, 1.82) is 0 Å². The van der Waals surface area contributed by atoms with E-state index in [1.165, 1.54) is 6.20 Å². The summed E-state index contributed by atoms with van der Waals surface area (Å²) in [6.45, 7) is 0. The molecule has 2 rings (SSSR count). The highest BCUT2D eigenvalue weighted by atomic mass is 32.2. The van der Waals surface area contributed by atoms with Crippen LogP contribution in [0.25, 0.3) is 0 Å². The van der Waals surface area contributed by atoms with Crippen molar-refractivity contribution in [3.05, 3.63) is 53.9 Å². The SMILES string of the molecule is Fc1ccc(Sc2cncc(C(F)(F)F)c2)c(F)c1. The first-order valence-corrected chi connectivity index (χ1v) is 5.83. The number of aromatic nitrogens is 1. The van der Waals surface area contributed by atoms with Gasteiger partial charge in [-0.1, -0.05) is 11.8 Å². The number of hydrogen-bond donors (Lipinski definition) is 0. The molecule has 100 valence electrons. The van der Waals surface area contributed by atoms with Crippen molar-refractivity contribution in [2.45, 2.75) is 16.0 Å². The van der Waals surface area contributed by atoms with Crippen LogP contribution < -0.4 is 0 Å². The molecule has 0 radical (unpaired) electrons. The van der Waals surface area contributed by atoms with Gasteiger partial charge in [0.15, 0.2) is 0 Å². The summed E-state index contributed by atoms with van der Waals surface area (Å²) in [4.78, 5) is 3.61. The van der Waals surface area contributed by atoms with E-state index in [0.717, 1.165) is 30.0 Å². The zero-order valence-corrected chi connectivity index (χ0v) is 10.0. The van der Waals surface area contributed by atoms with Crippen LogP contribution in [-0.4, -0.2) is 4.98 Å². The molecule has 0 unspecified atom stereocenters. The van der Waals surface area contributed by atoms with Crippen LogP contribution >= 0.6 is 11.8 Å². The molecule has 0 amide bonds. The Labute approximate surface area is 109 Å². The Morgan fingerprint density at radius 2 is 1.74 bits per heavy atom. The molecule has 19 heavy (non-hydrogen) atoms. The number of benzene rings is 1. The van der Waals surface area contributed by atoms with Crippen molar-refractivity contribution in [2.75, 3.05) is 0 Å². The lowest BCUT2D eigenvalue weighted by atomic mass is 10.3. The van der Waals surface area contributed by atoms with Crippen LogP contribution in [0, 0.1) is 11.6 Å². The molecule has 1 heterocycles. The standard InChI is InChI=1S/C12H6F5NS/c13-8-1-2-11(10(14)4-8)19-9-3-7(5-18-6-9)12(15,16)17/h1-6H. The lowest BCUT2D eigenvalue weighted by Crippen LogP contribution is -2.05. The maximum atomic E-state index is 13.4. The van der Waals surface area contributed by atoms with Crippen LogP contribution in [-0.2, 0) is 6.18 Å². The molecule has 0 saturated heterocycles. The first-order valence-electron chi connectivity index (χ1n) is 5.01. The number of rotatable bonds is 2. The minimum atomic E-state index is -4.51. The smallest absolute Gasteiger partial charge is 0.263 e. The van der Waals surface area contributed by atoms with Crippen molar-refractivity contribution < 1.29 is 22.0 Å². The van der Waals surface area contributed by atoms with E-state index in [2.05, 4.69) is 4.98 Å². The number of pyridine rings is 1. The van der Waals surface area contributed by atoms with E-state index < -0.39 is 23.4 Å². The fourth-order valence-electron chi connectivity index (χ4n) is 1.31. The topological polar surface area (TPSA) is 12.9 Å². The van der Waals surface area contributed by atoms with Crippen molar-refractivity contribution in [2.24, 2.45) is 0 Å². The summed E-state index contributed by atoms with van der Waals surface area (Å²) < 4.78 is 63.5. The first-order chi connectivity index (χ1) is 8.86. The van der Waals surface area contributed by atoms with Crippen LogP contribution in [0.1, 0.15) is 5.56 Å². The fourth-order valence-corrected chi connectivity index (χ4v) is 2.16. The third kappa shape index (κ3) is 3.44. The molecule has 0 bridgehead atoms. The quantitative estimate of drug-likeness (QED) is 0.754. The second kappa shape index (κ2) is 5.16. The van der Waals surface area contributed by atoms with Gasteiger partial charge < -0.3 is 0 Å². The molecule has 0 aliphatic rings. The van der Waals surface area contributed by atoms with E-state index >= 15 is 0 Å². The van der Waals surface area contributed by atoms with Gasteiger partial charge in [0.2, 0.25) is 0 Å². The van der Waals surface area contributed by atoms with Gasteiger partial charge in [0.05, 0.1) is 5.56 Å². The second-order valence-electron chi connectivity index (χ2n) is 3.58. The van der Waals surface area contributed by atoms with Gasteiger partial charge >= 0.3 is 6.18 Å². The molecule has 0 atom stereocenters. The highest BCUT2D eigenvalue weighted by Crippen LogP contribution is 2.34. The summed E-state index contributed by atoms with van der Waals surface area (Å²) in [5, 5.41) is 0. The Morgan fingerprint density at radius 1 is 1.00 bits per heavy atom. The zero-order valence-electron chi connectivity index (χ0n) is 9.21. The number of hydrogen-bond acceptors (Lipinski definition) is 2. The number of alkyl halides is 3. The molecular weight excluding hydrogens is 285 g/mol. The van der Waals surface area contributed by atoms with Gasteiger partial charge in [-0.15, -0.1) is 0 Å². The summed E-state index contributed by atoms with van der Waals surface area (Å²) >= 11 is 0.749. The monoisotopic (exact) mass is 291 g/mol. The summed E-state index contributed by atoms with van der Waals surface area (Å²) in [6.07, 6.45) is -2.64. The molecule has 1 aromatic carbocycles. The summed E-state index contributed by atoms with van der Waals surface area (Å²) in [6, 6.07) is 3.73. The number of halogens is 5. The van der Waals surface area contributed by atoms with Crippen LogP contribution in [0.2, 0.25) is 0 Å². The van der Waals surface area contributed by atoms with E-state index in [9.17, 15) is 22.0 Å². The van der Waals surface area contributed by atoms with Gasteiger partial charge in [-0.2, -0.15) is 13.2 Å². The van der Waals surface area contributed by atoms with Crippen molar-refractivity contribution in [3.63, 3.8) is 0 Å².